The van der Waals surface area contributed by atoms with E-state index in [1.807, 2.05) is 30.3 Å². The molecular weight excluding hydrogens is 314 g/mol. The maximum absolute atomic E-state index is 12.6. The van der Waals surface area contributed by atoms with E-state index in [-0.39, 0.29) is 11.6 Å². The van der Waals surface area contributed by atoms with Crippen molar-refractivity contribution in [3.63, 3.8) is 0 Å². The fourth-order valence-corrected chi connectivity index (χ4v) is 2.88. The summed E-state index contributed by atoms with van der Waals surface area (Å²) in [6.07, 6.45) is 6.09. The summed E-state index contributed by atoms with van der Waals surface area (Å²) >= 11 is 0. The summed E-state index contributed by atoms with van der Waals surface area (Å²) in [5.41, 5.74) is 3.15. The van der Waals surface area contributed by atoms with Gasteiger partial charge in [0, 0.05) is 24.6 Å². The van der Waals surface area contributed by atoms with Crippen LogP contribution in [-0.4, -0.2) is 20.7 Å². The molecule has 0 aliphatic carbocycles. The van der Waals surface area contributed by atoms with Gasteiger partial charge < -0.3 is 10.7 Å². The molecule has 130 valence electrons. The van der Waals surface area contributed by atoms with Gasteiger partial charge in [0.05, 0.1) is 5.39 Å². The highest BCUT2D eigenvalue weighted by Gasteiger charge is 2.09. The summed E-state index contributed by atoms with van der Waals surface area (Å²) < 4.78 is 1.54. The van der Waals surface area contributed by atoms with Crippen LogP contribution in [-0.2, 0) is 0 Å². The molecule has 0 saturated heterocycles. The van der Waals surface area contributed by atoms with Crippen LogP contribution >= 0.6 is 0 Å². The van der Waals surface area contributed by atoms with Gasteiger partial charge in [0.1, 0.15) is 11.6 Å². The molecule has 0 fully saturated rings. The van der Waals surface area contributed by atoms with Crippen molar-refractivity contribution in [2.75, 3.05) is 10.7 Å². The molecule has 0 aliphatic heterocycles. The molecule has 3 aromatic rings. The Hall–Kier alpha value is -2.89. The van der Waals surface area contributed by atoms with Crippen molar-refractivity contribution in [1.82, 2.24) is 14.6 Å². The highest BCUT2D eigenvalue weighted by atomic mass is 16.1. The molecule has 1 unspecified atom stereocenters. The Morgan fingerprint density at radius 2 is 1.96 bits per heavy atom. The van der Waals surface area contributed by atoms with Crippen molar-refractivity contribution in [3.8, 4) is 0 Å². The Bertz CT molecular complexity index is 905. The van der Waals surface area contributed by atoms with E-state index in [9.17, 15) is 4.79 Å². The number of fused-ring (bicyclic) bond motifs is 1. The van der Waals surface area contributed by atoms with E-state index in [1.165, 1.54) is 0 Å². The average molecular weight is 337 g/mol. The minimum absolute atomic E-state index is 0.0926. The number of hydrogen-bond donors (Lipinski definition) is 2. The molecule has 25 heavy (non-hydrogen) atoms. The van der Waals surface area contributed by atoms with Crippen LogP contribution in [0.2, 0.25) is 0 Å². The number of hydrogen-bond acceptors (Lipinski definition) is 5. The van der Waals surface area contributed by atoms with E-state index in [1.54, 1.807) is 23.3 Å². The van der Waals surface area contributed by atoms with Crippen molar-refractivity contribution < 1.29 is 0 Å². The molecule has 0 spiro atoms. The summed E-state index contributed by atoms with van der Waals surface area (Å²) in [5, 5.41) is 4.56. The molecule has 0 amide bonds. The van der Waals surface area contributed by atoms with Crippen LogP contribution < -0.4 is 16.3 Å². The average Bonchev–Trinajstić information content (AvgIpc) is 2.58. The van der Waals surface area contributed by atoms with Gasteiger partial charge in [-0.1, -0.05) is 19.9 Å². The van der Waals surface area contributed by atoms with Crippen molar-refractivity contribution >= 4 is 22.4 Å². The van der Waals surface area contributed by atoms with Crippen LogP contribution in [0.5, 0.6) is 0 Å². The third kappa shape index (κ3) is 4.15. The second kappa shape index (κ2) is 7.34. The van der Waals surface area contributed by atoms with Crippen LogP contribution in [0.4, 0.5) is 11.6 Å². The molecule has 3 heterocycles. The van der Waals surface area contributed by atoms with Crippen molar-refractivity contribution in [1.29, 1.82) is 0 Å². The van der Waals surface area contributed by atoms with E-state index >= 15 is 0 Å². The van der Waals surface area contributed by atoms with Crippen LogP contribution in [0.3, 0.4) is 0 Å². The second-order valence-electron chi connectivity index (χ2n) is 6.65. The molecule has 1 atom stereocenters. The van der Waals surface area contributed by atoms with Gasteiger partial charge in [0.2, 0.25) is 0 Å². The standard InChI is InChI=1S/C19H23N5O/c1-13(2)10-14(3)23-24-9-7-15-11-18(21-12-16(15)19(24)25)22-17-6-4-5-8-20-17/h4-9,11-14,23H,10H2,1-3H3,(H,20,21,22). The third-order valence-corrected chi connectivity index (χ3v) is 3.89. The Morgan fingerprint density at radius 1 is 1.12 bits per heavy atom. The number of pyridine rings is 3. The Kier molecular flexibility index (Phi) is 4.97. The summed E-state index contributed by atoms with van der Waals surface area (Å²) in [6, 6.07) is 9.61. The zero-order valence-electron chi connectivity index (χ0n) is 14.7. The summed E-state index contributed by atoms with van der Waals surface area (Å²) in [4.78, 5) is 21.2. The van der Waals surface area contributed by atoms with E-state index in [2.05, 4.69) is 41.5 Å². The van der Waals surface area contributed by atoms with Gasteiger partial charge in [-0.15, -0.1) is 0 Å². The second-order valence-corrected chi connectivity index (χ2v) is 6.65. The zero-order chi connectivity index (χ0) is 17.8. The fraction of sp³-hybridized carbons (Fsp3) is 0.316. The molecule has 0 aromatic carbocycles. The topological polar surface area (TPSA) is 71.8 Å². The number of aromatic nitrogens is 3. The number of nitrogens with one attached hydrogen (secondary N) is 2. The molecule has 3 aromatic heterocycles. The summed E-state index contributed by atoms with van der Waals surface area (Å²) in [7, 11) is 0. The van der Waals surface area contributed by atoms with Crippen LogP contribution in [0.1, 0.15) is 27.2 Å². The monoisotopic (exact) mass is 337 g/mol. The Labute approximate surface area is 146 Å². The first-order chi connectivity index (χ1) is 12.0. The molecular formula is C19H23N5O. The zero-order valence-corrected chi connectivity index (χ0v) is 14.7. The highest BCUT2D eigenvalue weighted by Crippen LogP contribution is 2.16. The molecule has 0 saturated carbocycles. The molecule has 2 N–H and O–H groups in total. The van der Waals surface area contributed by atoms with E-state index in [4.69, 9.17) is 0 Å². The predicted octanol–water partition coefficient (Wildman–Crippen LogP) is 3.51. The lowest BCUT2D eigenvalue weighted by Crippen LogP contribution is -2.34. The van der Waals surface area contributed by atoms with Gasteiger partial charge in [-0.2, -0.15) is 0 Å². The van der Waals surface area contributed by atoms with Crippen molar-refractivity contribution in [3.05, 3.63) is 59.3 Å². The lowest BCUT2D eigenvalue weighted by Gasteiger charge is -2.19. The highest BCUT2D eigenvalue weighted by molar-refractivity contribution is 5.83. The Morgan fingerprint density at radius 3 is 2.68 bits per heavy atom. The summed E-state index contributed by atoms with van der Waals surface area (Å²) in [6.45, 7) is 6.41. The molecule has 0 aliphatic rings. The predicted molar refractivity (Wildman–Crippen MR) is 102 cm³/mol. The first kappa shape index (κ1) is 17.0. The first-order valence-electron chi connectivity index (χ1n) is 8.49. The molecule has 3 rings (SSSR count). The van der Waals surface area contributed by atoms with Crippen LogP contribution in [0.25, 0.3) is 10.8 Å². The minimum Gasteiger partial charge on any atom is -0.325 e. The van der Waals surface area contributed by atoms with E-state index in [0.29, 0.717) is 22.9 Å². The molecule has 6 nitrogen and oxygen atoms in total. The smallest absolute Gasteiger partial charge is 0.278 e. The first-order valence-corrected chi connectivity index (χ1v) is 8.49. The molecule has 6 heteroatoms. The van der Waals surface area contributed by atoms with E-state index in [0.717, 1.165) is 11.8 Å². The molecule has 0 bridgehead atoms. The lowest BCUT2D eigenvalue weighted by molar-refractivity contribution is 0.510. The SMILES string of the molecule is CC(C)CC(C)Nn1ccc2cc(Nc3ccccn3)ncc2c1=O. The largest absolute Gasteiger partial charge is 0.325 e. The van der Waals surface area contributed by atoms with Gasteiger partial charge in [-0.3, -0.25) is 4.79 Å². The van der Waals surface area contributed by atoms with E-state index < -0.39 is 0 Å². The van der Waals surface area contributed by atoms with Crippen LogP contribution in [0.15, 0.2) is 53.7 Å². The van der Waals surface area contributed by atoms with Crippen molar-refractivity contribution in [2.24, 2.45) is 5.92 Å². The maximum Gasteiger partial charge on any atom is 0.278 e. The van der Waals surface area contributed by atoms with Gasteiger partial charge in [0.15, 0.2) is 0 Å². The lowest BCUT2D eigenvalue weighted by atomic mass is 10.1. The quantitative estimate of drug-likeness (QED) is 0.720. The normalized spacial score (nSPS) is 12.3. The maximum atomic E-state index is 12.6. The van der Waals surface area contributed by atoms with Gasteiger partial charge in [-0.25, -0.2) is 14.6 Å². The summed E-state index contributed by atoms with van der Waals surface area (Å²) in [5.74, 6) is 1.94. The molecule has 0 radical (unpaired) electrons. The van der Waals surface area contributed by atoms with Crippen LogP contribution in [0, 0.1) is 5.92 Å². The number of rotatable bonds is 6. The van der Waals surface area contributed by atoms with Gasteiger partial charge >= 0.3 is 0 Å². The Balaban J connectivity index is 1.85. The third-order valence-electron chi connectivity index (χ3n) is 3.89. The van der Waals surface area contributed by atoms with Crippen molar-refractivity contribution in [2.45, 2.75) is 33.2 Å². The minimum atomic E-state index is -0.0926. The van der Waals surface area contributed by atoms with Gasteiger partial charge in [0.25, 0.3) is 5.56 Å². The number of anilines is 2. The van der Waals surface area contributed by atoms with Gasteiger partial charge in [-0.05, 0) is 48.9 Å². The number of nitrogens with zero attached hydrogens (tertiary/aromatic N) is 3. The fourth-order valence-electron chi connectivity index (χ4n) is 2.88.